The number of piperidine rings is 2. The topological polar surface area (TPSA) is 69.7 Å². The molecule has 2 heterocycles. The van der Waals surface area contributed by atoms with Crippen LogP contribution in [0.3, 0.4) is 0 Å². The third kappa shape index (κ3) is 5.57. The molecule has 0 aromatic heterocycles. The first-order chi connectivity index (χ1) is 15.4. The van der Waals surface area contributed by atoms with Gasteiger partial charge in [-0.15, -0.1) is 0 Å². The van der Waals surface area contributed by atoms with Gasteiger partial charge in [0.15, 0.2) is 0 Å². The largest absolute Gasteiger partial charge is 0.349 e. The van der Waals surface area contributed by atoms with Crippen LogP contribution in [0.25, 0.3) is 0 Å². The molecule has 2 fully saturated rings. The highest BCUT2D eigenvalue weighted by atomic mass is 32.2. The highest BCUT2D eigenvalue weighted by Crippen LogP contribution is 2.24. The molecular weight excluding hydrogens is 422 g/mol. The van der Waals surface area contributed by atoms with Crippen molar-refractivity contribution in [3.8, 4) is 0 Å². The van der Waals surface area contributed by atoms with Gasteiger partial charge >= 0.3 is 0 Å². The van der Waals surface area contributed by atoms with Crippen LogP contribution in [0.1, 0.15) is 48.5 Å². The van der Waals surface area contributed by atoms with Gasteiger partial charge in [0.25, 0.3) is 5.91 Å². The third-order valence-corrected chi connectivity index (χ3v) is 8.58. The molecule has 2 saturated heterocycles. The minimum Gasteiger partial charge on any atom is -0.349 e. The van der Waals surface area contributed by atoms with Gasteiger partial charge in [-0.05, 0) is 61.4 Å². The van der Waals surface area contributed by atoms with Crippen molar-refractivity contribution in [2.45, 2.75) is 50.1 Å². The van der Waals surface area contributed by atoms with Gasteiger partial charge < -0.3 is 5.32 Å². The average Bonchev–Trinajstić information content (AvgIpc) is 2.81. The van der Waals surface area contributed by atoms with Gasteiger partial charge in [0.1, 0.15) is 0 Å². The lowest BCUT2D eigenvalue weighted by atomic mass is 10.0. The Morgan fingerprint density at radius 3 is 2.16 bits per heavy atom. The van der Waals surface area contributed by atoms with E-state index in [4.69, 9.17) is 0 Å². The van der Waals surface area contributed by atoms with E-state index >= 15 is 0 Å². The molecule has 2 aromatic carbocycles. The molecule has 0 saturated carbocycles. The molecule has 0 spiro atoms. The summed E-state index contributed by atoms with van der Waals surface area (Å²) in [6.45, 7) is 6.12. The zero-order chi connectivity index (χ0) is 22.6. The number of likely N-dealkylation sites (tertiary alicyclic amines) is 1. The van der Waals surface area contributed by atoms with Crippen LogP contribution in [-0.2, 0) is 16.6 Å². The van der Waals surface area contributed by atoms with Crippen molar-refractivity contribution < 1.29 is 13.2 Å². The number of hydrogen-bond donors (Lipinski definition) is 1. The van der Waals surface area contributed by atoms with Crippen molar-refractivity contribution in [2.24, 2.45) is 5.92 Å². The average molecular weight is 456 g/mol. The van der Waals surface area contributed by atoms with Gasteiger partial charge in [-0.3, -0.25) is 9.69 Å². The summed E-state index contributed by atoms with van der Waals surface area (Å²) in [4.78, 5) is 15.4. The summed E-state index contributed by atoms with van der Waals surface area (Å²) < 4.78 is 27.3. The van der Waals surface area contributed by atoms with Crippen LogP contribution in [-0.4, -0.2) is 55.8 Å². The van der Waals surface area contributed by atoms with Gasteiger partial charge in [0.2, 0.25) is 10.0 Å². The first-order valence-electron chi connectivity index (χ1n) is 11.6. The predicted molar refractivity (Wildman–Crippen MR) is 126 cm³/mol. The second-order valence-corrected chi connectivity index (χ2v) is 11.1. The number of rotatable bonds is 6. The molecule has 1 amide bonds. The number of amides is 1. The number of nitrogens with zero attached hydrogens (tertiary/aromatic N) is 2. The maximum absolute atomic E-state index is 12.9. The molecule has 32 heavy (non-hydrogen) atoms. The van der Waals surface area contributed by atoms with Gasteiger partial charge in [-0.2, -0.15) is 4.31 Å². The summed E-state index contributed by atoms with van der Waals surface area (Å²) in [5.74, 6) is 0.431. The van der Waals surface area contributed by atoms with Crippen molar-refractivity contribution in [1.29, 1.82) is 0 Å². The predicted octanol–water partition coefficient (Wildman–Crippen LogP) is 3.50. The van der Waals surface area contributed by atoms with Gasteiger partial charge in [0, 0.05) is 44.3 Å². The van der Waals surface area contributed by atoms with Crippen LogP contribution in [0, 0.1) is 5.92 Å². The minimum atomic E-state index is -3.49. The lowest BCUT2D eigenvalue weighted by molar-refractivity contribution is 0.0909. The molecule has 2 aromatic rings. The molecule has 6 nitrogen and oxygen atoms in total. The standard InChI is InChI=1S/C25H33N3O3S/c1-20-11-17-28(18-12-20)32(30,31)24-9-7-22(8-10-24)25(29)26-23-13-15-27(16-14-23)19-21-5-3-2-4-6-21/h2-10,20,23H,11-19H2,1H3,(H,26,29). The Morgan fingerprint density at radius 1 is 0.906 bits per heavy atom. The van der Waals surface area contributed by atoms with Crippen molar-refractivity contribution in [2.75, 3.05) is 26.2 Å². The Hall–Kier alpha value is -2.22. The molecule has 0 unspecified atom stereocenters. The molecular formula is C25H33N3O3S. The first kappa shape index (κ1) is 23.0. The summed E-state index contributed by atoms with van der Waals surface area (Å²) in [6.07, 6.45) is 3.62. The van der Waals surface area contributed by atoms with E-state index in [1.54, 1.807) is 28.6 Å². The number of carbonyl (C=O) groups excluding carboxylic acids is 1. The zero-order valence-electron chi connectivity index (χ0n) is 18.7. The summed E-state index contributed by atoms with van der Waals surface area (Å²) in [5.41, 5.74) is 1.81. The van der Waals surface area contributed by atoms with E-state index in [-0.39, 0.29) is 16.8 Å². The molecule has 2 aliphatic rings. The molecule has 4 rings (SSSR count). The highest BCUT2D eigenvalue weighted by molar-refractivity contribution is 7.89. The Labute approximate surface area is 191 Å². The SMILES string of the molecule is CC1CCN(S(=O)(=O)c2ccc(C(=O)NC3CCN(Cc4ccccc4)CC3)cc2)CC1. The summed E-state index contributed by atoms with van der Waals surface area (Å²) in [5, 5.41) is 3.12. The first-order valence-corrected chi connectivity index (χ1v) is 13.0. The highest BCUT2D eigenvalue weighted by Gasteiger charge is 2.28. The molecule has 2 aliphatic heterocycles. The Balaban J connectivity index is 1.29. The Kier molecular flexibility index (Phi) is 7.28. The normalized spacial score (nSPS) is 19.7. The molecule has 7 heteroatoms. The van der Waals surface area contributed by atoms with Crippen LogP contribution < -0.4 is 5.32 Å². The second-order valence-electron chi connectivity index (χ2n) is 9.12. The molecule has 172 valence electrons. The number of hydrogen-bond acceptors (Lipinski definition) is 4. The van der Waals surface area contributed by atoms with E-state index in [2.05, 4.69) is 41.4 Å². The monoisotopic (exact) mass is 455 g/mol. The molecule has 0 aliphatic carbocycles. The summed E-state index contributed by atoms with van der Waals surface area (Å²) in [6, 6.07) is 17.0. The lowest BCUT2D eigenvalue weighted by Crippen LogP contribution is -2.44. The van der Waals surface area contributed by atoms with Crippen LogP contribution in [0.2, 0.25) is 0 Å². The van der Waals surface area contributed by atoms with Crippen molar-refractivity contribution in [3.05, 3.63) is 65.7 Å². The number of nitrogens with one attached hydrogen (secondary N) is 1. The number of carbonyl (C=O) groups is 1. The van der Waals surface area contributed by atoms with Crippen molar-refractivity contribution in [1.82, 2.24) is 14.5 Å². The van der Waals surface area contributed by atoms with Crippen LogP contribution >= 0.6 is 0 Å². The Bertz CT molecular complexity index is 992. The van der Waals surface area contributed by atoms with E-state index in [1.807, 2.05) is 6.07 Å². The summed E-state index contributed by atoms with van der Waals surface area (Å²) >= 11 is 0. The van der Waals surface area contributed by atoms with Gasteiger partial charge in [-0.25, -0.2) is 8.42 Å². The van der Waals surface area contributed by atoms with Crippen LogP contribution in [0.4, 0.5) is 0 Å². The van der Waals surface area contributed by atoms with Gasteiger partial charge in [-0.1, -0.05) is 37.3 Å². The van der Waals surface area contributed by atoms with E-state index < -0.39 is 10.0 Å². The second kappa shape index (κ2) is 10.1. The van der Waals surface area contributed by atoms with E-state index in [9.17, 15) is 13.2 Å². The fraction of sp³-hybridized carbons (Fsp3) is 0.480. The Morgan fingerprint density at radius 2 is 1.53 bits per heavy atom. The van der Waals surface area contributed by atoms with Crippen LogP contribution in [0.5, 0.6) is 0 Å². The van der Waals surface area contributed by atoms with Crippen LogP contribution in [0.15, 0.2) is 59.5 Å². The minimum absolute atomic E-state index is 0.137. The third-order valence-electron chi connectivity index (χ3n) is 6.67. The quantitative estimate of drug-likeness (QED) is 0.724. The lowest BCUT2D eigenvalue weighted by Gasteiger charge is -2.32. The van der Waals surface area contributed by atoms with Crippen molar-refractivity contribution >= 4 is 15.9 Å². The maximum Gasteiger partial charge on any atom is 0.251 e. The molecule has 0 radical (unpaired) electrons. The van der Waals surface area contributed by atoms with Crippen molar-refractivity contribution in [3.63, 3.8) is 0 Å². The maximum atomic E-state index is 12.9. The fourth-order valence-corrected chi connectivity index (χ4v) is 5.97. The number of sulfonamides is 1. The smallest absolute Gasteiger partial charge is 0.251 e. The molecule has 0 bridgehead atoms. The molecule has 0 atom stereocenters. The van der Waals surface area contributed by atoms with E-state index in [0.29, 0.717) is 24.6 Å². The molecule has 1 N–H and O–H groups in total. The number of benzene rings is 2. The zero-order valence-corrected chi connectivity index (χ0v) is 19.6. The fourth-order valence-electron chi connectivity index (χ4n) is 4.50. The van der Waals surface area contributed by atoms with Gasteiger partial charge in [0.05, 0.1) is 4.90 Å². The van der Waals surface area contributed by atoms with E-state index in [1.165, 1.54) is 5.56 Å². The summed E-state index contributed by atoms with van der Waals surface area (Å²) in [7, 11) is -3.49. The van der Waals surface area contributed by atoms with E-state index in [0.717, 1.165) is 45.3 Å².